The van der Waals surface area contributed by atoms with Gasteiger partial charge in [-0.1, -0.05) is 6.07 Å². The second-order valence-electron chi connectivity index (χ2n) is 4.51. The summed E-state index contributed by atoms with van der Waals surface area (Å²) in [4.78, 5) is 16.6. The molecule has 0 spiro atoms. The van der Waals surface area contributed by atoms with E-state index in [-0.39, 0.29) is 5.97 Å². The third-order valence-electron chi connectivity index (χ3n) is 3.19. The van der Waals surface area contributed by atoms with E-state index in [4.69, 9.17) is 10.00 Å². The van der Waals surface area contributed by atoms with Crippen molar-refractivity contribution in [1.82, 2.24) is 9.38 Å². The Morgan fingerprint density at radius 3 is 3.05 bits per heavy atom. The second-order valence-corrected chi connectivity index (χ2v) is 4.51. The number of fused-ring (bicyclic) bond motifs is 1. The molecule has 0 N–H and O–H groups in total. The van der Waals surface area contributed by atoms with Crippen LogP contribution in [-0.2, 0) is 9.53 Å². The van der Waals surface area contributed by atoms with Gasteiger partial charge < -0.3 is 9.14 Å². The predicted molar refractivity (Wildman–Crippen MR) is 74.2 cm³/mol. The van der Waals surface area contributed by atoms with Crippen LogP contribution in [0.1, 0.15) is 37.2 Å². The smallest absolute Gasteiger partial charge is 0.316 e. The van der Waals surface area contributed by atoms with Crippen molar-refractivity contribution in [2.24, 2.45) is 0 Å². The topological polar surface area (TPSA) is 67.4 Å². The van der Waals surface area contributed by atoms with Crippen LogP contribution in [0.15, 0.2) is 24.4 Å². The lowest BCUT2D eigenvalue weighted by Crippen LogP contribution is -2.18. The zero-order chi connectivity index (χ0) is 14.5. The van der Waals surface area contributed by atoms with E-state index in [0.29, 0.717) is 25.3 Å². The molecule has 0 aromatic carbocycles. The monoisotopic (exact) mass is 271 g/mol. The van der Waals surface area contributed by atoms with E-state index in [1.54, 1.807) is 6.92 Å². The quantitative estimate of drug-likeness (QED) is 0.784. The number of carbonyl (C=O) groups excluding carboxylic acids is 1. The Balaban J connectivity index is 2.45. The molecule has 0 aliphatic heterocycles. The molecule has 0 saturated heterocycles. The number of aromatic nitrogens is 2. The van der Waals surface area contributed by atoms with Gasteiger partial charge in [0.25, 0.3) is 0 Å². The Kier molecular flexibility index (Phi) is 4.36. The third-order valence-corrected chi connectivity index (χ3v) is 3.19. The molecule has 0 amide bonds. The first kappa shape index (κ1) is 14.1. The van der Waals surface area contributed by atoms with Crippen LogP contribution in [0.25, 0.3) is 5.52 Å². The number of esters is 1. The number of carbonyl (C=O) groups is 1. The van der Waals surface area contributed by atoms with E-state index < -0.39 is 5.92 Å². The number of hydrogen-bond acceptors (Lipinski definition) is 4. The molecule has 104 valence electrons. The molecule has 0 saturated carbocycles. The molecule has 0 fully saturated rings. The minimum absolute atomic E-state index is 0.296. The molecule has 0 bridgehead atoms. The van der Waals surface area contributed by atoms with Crippen LogP contribution < -0.4 is 0 Å². The largest absolute Gasteiger partial charge is 0.465 e. The Morgan fingerprint density at radius 2 is 2.35 bits per heavy atom. The predicted octanol–water partition coefficient (Wildman–Crippen LogP) is 2.59. The number of pyridine rings is 1. The summed E-state index contributed by atoms with van der Waals surface area (Å²) in [5.41, 5.74) is 1.83. The SMILES string of the molecule is CCOC(=O)C(CCC#N)c1nc(C)c2ccccn12. The van der Waals surface area contributed by atoms with Gasteiger partial charge in [0.05, 0.1) is 23.9 Å². The first-order valence-corrected chi connectivity index (χ1v) is 6.66. The van der Waals surface area contributed by atoms with Crippen LogP contribution >= 0.6 is 0 Å². The zero-order valence-corrected chi connectivity index (χ0v) is 11.7. The number of imidazole rings is 1. The highest BCUT2D eigenvalue weighted by atomic mass is 16.5. The highest BCUT2D eigenvalue weighted by Gasteiger charge is 2.26. The normalized spacial score (nSPS) is 12.1. The summed E-state index contributed by atoms with van der Waals surface area (Å²) in [7, 11) is 0. The Morgan fingerprint density at radius 1 is 1.55 bits per heavy atom. The first-order valence-electron chi connectivity index (χ1n) is 6.66. The number of hydrogen-bond donors (Lipinski definition) is 0. The molecule has 1 atom stereocenters. The summed E-state index contributed by atoms with van der Waals surface area (Å²) in [6.07, 6.45) is 2.59. The van der Waals surface area contributed by atoms with Gasteiger partial charge in [-0.2, -0.15) is 5.26 Å². The van der Waals surface area contributed by atoms with Gasteiger partial charge >= 0.3 is 5.97 Å². The molecule has 0 aliphatic rings. The van der Waals surface area contributed by atoms with E-state index in [2.05, 4.69) is 11.1 Å². The van der Waals surface area contributed by atoms with Crippen molar-refractivity contribution < 1.29 is 9.53 Å². The fourth-order valence-corrected chi connectivity index (χ4v) is 2.27. The fraction of sp³-hybridized carbons (Fsp3) is 0.400. The van der Waals surface area contributed by atoms with Gasteiger partial charge in [-0.3, -0.25) is 4.79 Å². The van der Waals surface area contributed by atoms with Crippen LogP contribution in [0, 0.1) is 18.3 Å². The van der Waals surface area contributed by atoms with Crippen LogP contribution in [0.2, 0.25) is 0 Å². The summed E-state index contributed by atoms with van der Waals surface area (Å²) >= 11 is 0. The Hall–Kier alpha value is -2.35. The molecule has 5 nitrogen and oxygen atoms in total. The lowest BCUT2D eigenvalue weighted by Gasteiger charge is -2.13. The highest BCUT2D eigenvalue weighted by Crippen LogP contribution is 2.24. The summed E-state index contributed by atoms with van der Waals surface area (Å²) < 4.78 is 7.01. The molecular weight excluding hydrogens is 254 g/mol. The van der Waals surface area contributed by atoms with Gasteiger partial charge in [-0.25, -0.2) is 4.98 Å². The number of ether oxygens (including phenoxy) is 1. The molecule has 2 aromatic heterocycles. The maximum absolute atomic E-state index is 12.1. The van der Waals surface area contributed by atoms with Crippen molar-refractivity contribution >= 4 is 11.5 Å². The van der Waals surface area contributed by atoms with Gasteiger partial charge in [-0.05, 0) is 32.4 Å². The molecule has 20 heavy (non-hydrogen) atoms. The maximum Gasteiger partial charge on any atom is 0.316 e. The second kappa shape index (κ2) is 6.20. The van der Waals surface area contributed by atoms with Gasteiger partial charge in [0.15, 0.2) is 0 Å². The van der Waals surface area contributed by atoms with Crippen LogP contribution in [0.5, 0.6) is 0 Å². The Bertz CT molecular complexity index is 655. The van der Waals surface area contributed by atoms with Crippen molar-refractivity contribution in [2.45, 2.75) is 32.6 Å². The van der Waals surface area contributed by atoms with Crippen LogP contribution in [-0.4, -0.2) is 22.0 Å². The standard InChI is InChI=1S/C15H17N3O2/c1-3-20-15(19)12(7-6-9-16)14-17-11(2)13-8-4-5-10-18(13)14/h4-5,8,10,12H,3,6-7H2,1-2H3. The molecule has 5 heteroatoms. The number of rotatable bonds is 5. The van der Waals surface area contributed by atoms with Crippen molar-refractivity contribution in [3.05, 3.63) is 35.9 Å². The molecule has 0 radical (unpaired) electrons. The number of nitriles is 1. The van der Waals surface area contributed by atoms with E-state index >= 15 is 0 Å². The molecule has 0 aliphatic carbocycles. The number of nitrogens with zero attached hydrogens (tertiary/aromatic N) is 3. The van der Waals surface area contributed by atoms with E-state index in [1.165, 1.54) is 0 Å². The van der Waals surface area contributed by atoms with Crippen molar-refractivity contribution in [3.63, 3.8) is 0 Å². The van der Waals surface area contributed by atoms with E-state index in [1.807, 2.05) is 35.7 Å². The van der Waals surface area contributed by atoms with Crippen LogP contribution in [0.3, 0.4) is 0 Å². The van der Waals surface area contributed by atoms with Crippen molar-refractivity contribution in [1.29, 1.82) is 5.26 Å². The fourth-order valence-electron chi connectivity index (χ4n) is 2.27. The van der Waals surface area contributed by atoms with Crippen molar-refractivity contribution in [3.8, 4) is 6.07 Å². The summed E-state index contributed by atoms with van der Waals surface area (Å²) in [5, 5.41) is 8.76. The first-order chi connectivity index (χ1) is 9.69. The zero-order valence-electron chi connectivity index (χ0n) is 11.7. The summed E-state index contributed by atoms with van der Waals surface area (Å²) in [6, 6.07) is 7.86. The number of aryl methyl sites for hydroxylation is 1. The molecule has 2 aromatic rings. The average Bonchev–Trinajstić information content (AvgIpc) is 2.78. The third kappa shape index (κ3) is 2.64. The van der Waals surface area contributed by atoms with E-state index in [0.717, 1.165) is 11.2 Å². The lowest BCUT2D eigenvalue weighted by atomic mass is 10.0. The minimum atomic E-state index is -0.502. The van der Waals surface area contributed by atoms with Crippen LogP contribution in [0.4, 0.5) is 0 Å². The summed E-state index contributed by atoms with van der Waals surface area (Å²) in [5.74, 6) is -0.177. The Labute approximate surface area is 117 Å². The minimum Gasteiger partial charge on any atom is -0.465 e. The molecular formula is C15H17N3O2. The van der Waals surface area contributed by atoms with Gasteiger partial charge in [0.1, 0.15) is 11.7 Å². The lowest BCUT2D eigenvalue weighted by molar-refractivity contribution is -0.145. The highest BCUT2D eigenvalue weighted by molar-refractivity contribution is 5.77. The molecule has 2 heterocycles. The molecule has 2 rings (SSSR count). The molecule has 1 unspecified atom stereocenters. The van der Waals surface area contributed by atoms with Gasteiger partial charge in [0, 0.05) is 12.6 Å². The summed E-state index contributed by atoms with van der Waals surface area (Å²) in [6.45, 7) is 4.00. The van der Waals surface area contributed by atoms with Gasteiger partial charge in [-0.15, -0.1) is 0 Å². The van der Waals surface area contributed by atoms with Gasteiger partial charge in [0.2, 0.25) is 0 Å². The maximum atomic E-state index is 12.1. The average molecular weight is 271 g/mol. The van der Waals surface area contributed by atoms with E-state index in [9.17, 15) is 4.79 Å². The van der Waals surface area contributed by atoms with Crippen molar-refractivity contribution in [2.75, 3.05) is 6.61 Å².